The molecule has 0 bridgehead atoms. The molecule has 1 N–H and O–H groups in total. The van der Waals surface area contributed by atoms with Crippen molar-refractivity contribution in [3.05, 3.63) is 72.3 Å². The first kappa shape index (κ1) is 15.3. The highest BCUT2D eigenvalue weighted by Gasteiger charge is 2.15. The van der Waals surface area contributed by atoms with Crippen LogP contribution in [0, 0.1) is 0 Å². The second-order valence-electron chi connectivity index (χ2n) is 4.37. The molecular weight excluding hydrogens is 284 g/mol. The Hall–Kier alpha value is -3.08. The normalized spacial score (nSPS) is 9.82. The van der Waals surface area contributed by atoms with Crippen molar-refractivity contribution in [3.63, 3.8) is 0 Å². The molecule has 5 nitrogen and oxygen atoms in total. The Bertz CT molecular complexity index is 691. The SMILES string of the molecule is C=CC(=O)OCc1ccc(O)c(C(=O)Oc2ccccc2)c1. The van der Waals surface area contributed by atoms with Crippen LogP contribution in [-0.4, -0.2) is 17.0 Å². The monoisotopic (exact) mass is 298 g/mol. The molecule has 0 aromatic heterocycles. The first-order valence-corrected chi connectivity index (χ1v) is 6.48. The molecule has 0 aliphatic carbocycles. The van der Waals surface area contributed by atoms with Gasteiger partial charge in [0, 0.05) is 6.08 Å². The quantitative estimate of drug-likeness (QED) is 0.522. The summed E-state index contributed by atoms with van der Waals surface area (Å²) >= 11 is 0. The maximum Gasteiger partial charge on any atom is 0.347 e. The van der Waals surface area contributed by atoms with Crippen molar-refractivity contribution in [2.45, 2.75) is 6.61 Å². The topological polar surface area (TPSA) is 72.8 Å². The first-order valence-electron chi connectivity index (χ1n) is 6.48. The lowest BCUT2D eigenvalue weighted by Gasteiger charge is -2.08. The van der Waals surface area contributed by atoms with Gasteiger partial charge in [0.25, 0.3) is 0 Å². The molecule has 0 radical (unpaired) electrons. The number of carbonyl (C=O) groups excluding carboxylic acids is 2. The molecule has 2 aromatic carbocycles. The molecule has 0 aliphatic rings. The third kappa shape index (κ3) is 3.96. The van der Waals surface area contributed by atoms with E-state index in [4.69, 9.17) is 9.47 Å². The van der Waals surface area contributed by atoms with Gasteiger partial charge in [0.1, 0.15) is 23.7 Å². The van der Waals surface area contributed by atoms with Gasteiger partial charge in [0.05, 0.1) is 0 Å². The third-order valence-corrected chi connectivity index (χ3v) is 2.78. The molecule has 0 heterocycles. The molecule has 2 rings (SSSR count). The number of carbonyl (C=O) groups is 2. The van der Waals surface area contributed by atoms with E-state index in [9.17, 15) is 14.7 Å². The highest BCUT2D eigenvalue weighted by molar-refractivity contribution is 5.94. The molecule has 0 spiro atoms. The van der Waals surface area contributed by atoms with Crippen LogP contribution < -0.4 is 4.74 Å². The molecule has 0 atom stereocenters. The smallest absolute Gasteiger partial charge is 0.347 e. The highest BCUT2D eigenvalue weighted by Crippen LogP contribution is 2.21. The number of esters is 2. The molecule has 0 saturated carbocycles. The summed E-state index contributed by atoms with van der Waals surface area (Å²) in [6, 6.07) is 12.8. The van der Waals surface area contributed by atoms with Crippen molar-refractivity contribution >= 4 is 11.9 Å². The first-order chi connectivity index (χ1) is 10.6. The van der Waals surface area contributed by atoms with E-state index in [1.807, 2.05) is 0 Å². The Balaban J connectivity index is 2.13. The minimum Gasteiger partial charge on any atom is -0.507 e. The lowest BCUT2D eigenvalue weighted by Crippen LogP contribution is -2.09. The van der Waals surface area contributed by atoms with Crippen LogP contribution in [0.15, 0.2) is 61.2 Å². The van der Waals surface area contributed by atoms with Crippen LogP contribution in [0.1, 0.15) is 15.9 Å². The Kier molecular flexibility index (Phi) is 4.93. The predicted molar refractivity (Wildman–Crippen MR) is 79.5 cm³/mol. The van der Waals surface area contributed by atoms with Crippen LogP contribution in [0.5, 0.6) is 11.5 Å². The zero-order chi connectivity index (χ0) is 15.9. The fourth-order valence-corrected chi connectivity index (χ4v) is 1.70. The molecular formula is C17H14O5. The molecule has 2 aromatic rings. The van der Waals surface area contributed by atoms with Crippen molar-refractivity contribution in [2.24, 2.45) is 0 Å². The minimum atomic E-state index is -0.694. The summed E-state index contributed by atoms with van der Waals surface area (Å²) in [6.45, 7) is 3.26. The van der Waals surface area contributed by atoms with Crippen LogP contribution in [0.3, 0.4) is 0 Å². The average molecular weight is 298 g/mol. The maximum atomic E-state index is 12.1. The van der Waals surface area contributed by atoms with Crippen molar-refractivity contribution in [2.75, 3.05) is 0 Å². The third-order valence-electron chi connectivity index (χ3n) is 2.78. The Morgan fingerprint density at radius 1 is 1.14 bits per heavy atom. The van der Waals surface area contributed by atoms with E-state index < -0.39 is 11.9 Å². The summed E-state index contributed by atoms with van der Waals surface area (Å²) in [5.74, 6) is -1.10. The molecule has 5 heteroatoms. The van der Waals surface area contributed by atoms with Gasteiger partial charge >= 0.3 is 11.9 Å². The maximum absolute atomic E-state index is 12.1. The number of aromatic hydroxyl groups is 1. The van der Waals surface area contributed by atoms with E-state index in [-0.39, 0.29) is 17.9 Å². The van der Waals surface area contributed by atoms with Crippen LogP contribution in [0.25, 0.3) is 0 Å². The fourth-order valence-electron chi connectivity index (χ4n) is 1.70. The van der Waals surface area contributed by atoms with Crippen molar-refractivity contribution in [1.29, 1.82) is 0 Å². The molecule has 22 heavy (non-hydrogen) atoms. The Labute approximate surface area is 127 Å². The molecule has 0 saturated heterocycles. The van der Waals surface area contributed by atoms with E-state index in [0.717, 1.165) is 6.08 Å². The van der Waals surface area contributed by atoms with Crippen molar-refractivity contribution in [3.8, 4) is 11.5 Å². The number of phenolic OH excluding ortho intramolecular Hbond substituents is 1. The van der Waals surface area contributed by atoms with E-state index in [2.05, 4.69) is 6.58 Å². The standard InChI is InChI=1S/C17H14O5/c1-2-16(19)21-11-12-8-9-15(18)14(10-12)17(20)22-13-6-4-3-5-7-13/h2-10,18H,1,11H2. The summed E-state index contributed by atoms with van der Waals surface area (Å²) in [6.07, 6.45) is 1.05. The lowest BCUT2D eigenvalue weighted by molar-refractivity contribution is -0.138. The van der Waals surface area contributed by atoms with Crippen LogP contribution in [0.2, 0.25) is 0 Å². The van der Waals surface area contributed by atoms with E-state index in [0.29, 0.717) is 11.3 Å². The second-order valence-corrected chi connectivity index (χ2v) is 4.37. The van der Waals surface area contributed by atoms with Crippen LogP contribution in [0.4, 0.5) is 0 Å². The molecule has 112 valence electrons. The summed E-state index contributed by atoms with van der Waals surface area (Å²) in [5, 5.41) is 9.78. The van der Waals surface area contributed by atoms with Gasteiger partial charge in [-0.15, -0.1) is 0 Å². The number of benzene rings is 2. The van der Waals surface area contributed by atoms with Gasteiger partial charge in [-0.2, -0.15) is 0 Å². The van der Waals surface area contributed by atoms with Crippen molar-refractivity contribution in [1.82, 2.24) is 0 Å². The number of rotatable bonds is 5. The summed E-state index contributed by atoms with van der Waals surface area (Å²) in [7, 11) is 0. The zero-order valence-corrected chi connectivity index (χ0v) is 11.7. The molecule has 0 amide bonds. The summed E-state index contributed by atoms with van der Waals surface area (Å²) in [5.41, 5.74) is 0.545. The number of hydrogen-bond donors (Lipinski definition) is 1. The molecule has 0 unspecified atom stereocenters. The Morgan fingerprint density at radius 3 is 2.55 bits per heavy atom. The molecule has 0 fully saturated rings. The van der Waals surface area contributed by atoms with Crippen LogP contribution in [-0.2, 0) is 16.1 Å². The van der Waals surface area contributed by atoms with Gasteiger partial charge in [-0.25, -0.2) is 9.59 Å². The van der Waals surface area contributed by atoms with Gasteiger partial charge in [-0.3, -0.25) is 0 Å². The summed E-state index contributed by atoms with van der Waals surface area (Å²) in [4.78, 5) is 23.1. The van der Waals surface area contributed by atoms with Gasteiger partial charge in [0.15, 0.2) is 0 Å². The van der Waals surface area contributed by atoms with Crippen LogP contribution >= 0.6 is 0 Å². The number of hydrogen-bond acceptors (Lipinski definition) is 5. The zero-order valence-electron chi connectivity index (χ0n) is 11.7. The lowest BCUT2D eigenvalue weighted by atomic mass is 10.1. The van der Waals surface area contributed by atoms with Gasteiger partial charge < -0.3 is 14.6 Å². The second kappa shape index (κ2) is 7.08. The van der Waals surface area contributed by atoms with Gasteiger partial charge in [-0.05, 0) is 29.8 Å². The molecule has 0 aliphatic heterocycles. The number of para-hydroxylation sites is 1. The number of phenols is 1. The van der Waals surface area contributed by atoms with E-state index in [1.165, 1.54) is 12.1 Å². The largest absolute Gasteiger partial charge is 0.507 e. The summed E-state index contributed by atoms with van der Waals surface area (Å²) < 4.78 is 10.0. The predicted octanol–water partition coefficient (Wildman–Crippen LogP) is 2.84. The average Bonchev–Trinajstić information content (AvgIpc) is 2.54. The van der Waals surface area contributed by atoms with E-state index >= 15 is 0 Å². The number of ether oxygens (including phenoxy) is 2. The Morgan fingerprint density at radius 2 is 1.86 bits per heavy atom. The van der Waals surface area contributed by atoms with E-state index in [1.54, 1.807) is 36.4 Å². The van der Waals surface area contributed by atoms with Gasteiger partial charge in [0.2, 0.25) is 0 Å². The van der Waals surface area contributed by atoms with Gasteiger partial charge in [-0.1, -0.05) is 30.8 Å². The fraction of sp³-hybridized carbons (Fsp3) is 0.0588. The minimum absolute atomic E-state index is 0.00370. The highest BCUT2D eigenvalue weighted by atomic mass is 16.5. The van der Waals surface area contributed by atoms with Crippen molar-refractivity contribution < 1.29 is 24.2 Å².